The molecule has 0 saturated heterocycles. The summed E-state index contributed by atoms with van der Waals surface area (Å²) < 4.78 is 0. The number of pyridine rings is 2. The molecule has 0 unspecified atom stereocenters. The minimum absolute atomic E-state index is 0. The van der Waals surface area contributed by atoms with Gasteiger partial charge in [-0.05, 0) is 99.1 Å². The Hall–Kier alpha value is -6.52. The third-order valence-electron chi connectivity index (χ3n) is 9.87. The second-order valence-corrected chi connectivity index (χ2v) is 13.7. The summed E-state index contributed by atoms with van der Waals surface area (Å²) in [7, 11) is 0. The number of aryl methyl sites for hydroxylation is 1. The molecule has 0 amide bonds. The molecule has 4 nitrogen and oxygen atoms in total. The minimum Gasteiger partial charge on any atom is -0.512 e. The number of rotatable bonds is 11. The van der Waals surface area contributed by atoms with Crippen molar-refractivity contribution < 1.29 is 30.0 Å². The normalized spacial score (nSPS) is 11.1. The van der Waals surface area contributed by atoms with E-state index in [1.165, 1.54) is 13.0 Å². The molecule has 57 heavy (non-hydrogen) atoms. The van der Waals surface area contributed by atoms with Crippen molar-refractivity contribution in [1.82, 2.24) is 9.97 Å². The number of hydrogen-bond donors (Lipinski definition) is 1. The number of aromatic nitrogens is 2. The van der Waals surface area contributed by atoms with Gasteiger partial charge in [0.2, 0.25) is 0 Å². The maximum atomic E-state index is 12.7. The molecule has 0 aliphatic rings. The van der Waals surface area contributed by atoms with Gasteiger partial charge in [-0.1, -0.05) is 108 Å². The van der Waals surface area contributed by atoms with Crippen LogP contribution < -0.4 is 0 Å². The first-order valence-electron chi connectivity index (χ1n) is 18.7. The Balaban J connectivity index is 0.00000496. The summed E-state index contributed by atoms with van der Waals surface area (Å²) in [5, 5.41) is 9.70. The van der Waals surface area contributed by atoms with Crippen LogP contribution in [0.5, 0.6) is 0 Å². The molecular weight excluding hydrogens is 877 g/mol. The van der Waals surface area contributed by atoms with Crippen molar-refractivity contribution in [2.75, 3.05) is 0 Å². The number of hydrogen-bond acceptors (Lipinski definition) is 4. The second-order valence-electron chi connectivity index (χ2n) is 13.7. The van der Waals surface area contributed by atoms with Crippen molar-refractivity contribution in [3.05, 3.63) is 206 Å². The summed E-state index contributed by atoms with van der Waals surface area (Å²) in [5.41, 5.74) is 15.4. The van der Waals surface area contributed by atoms with E-state index in [2.05, 4.69) is 120 Å². The van der Waals surface area contributed by atoms with Gasteiger partial charge in [0.15, 0.2) is 5.78 Å². The average molecular weight is 915 g/mol. The first kappa shape index (κ1) is 38.7. The van der Waals surface area contributed by atoms with Crippen molar-refractivity contribution in [3.63, 3.8) is 0 Å². The van der Waals surface area contributed by atoms with E-state index in [0.29, 0.717) is 12.8 Å². The van der Waals surface area contributed by atoms with Crippen molar-refractivity contribution in [1.29, 1.82) is 0 Å². The SMILES string of the molecule is CC(O)=CC(=O)CCc1ccccc1-c1cc(-c2ccccc2-c2c[c-]c(-c3ccccn3)cc2)cc(-c2ccccc2-c2ccc(-c3[c-]cccc3)nc2)c1.[Ir]. The number of carbonyl (C=O) groups is 1. The van der Waals surface area contributed by atoms with Crippen molar-refractivity contribution in [2.24, 2.45) is 0 Å². The molecule has 5 heteroatoms. The van der Waals surface area contributed by atoms with Gasteiger partial charge >= 0.3 is 0 Å². The molecule has 8 rings (SSSR count). The minimum atomic E-state index is -0.104. The van der Waals surface area contributed by atoms with Crippen LogP contribution in [0.2, 0.25) is 0 Å². The Bertz CT molecular complexity index is 2510. The maximum absolute atomic E-state index is 12.7. The van der Waals surface area contributed by atoms with Crippen LogP contribution in [0.4, 0.5) is 0 Å². The Kier molecular flexibility index (Phi) is 12.2. The Morgan fingerprint density at radius 3 is 1.72 bits per heavy atom. The first-order valence-corrected chi connectivity index (χ1v) is 18.7. The summed E-state index contributed by atoms with van der Waals surface area (Å²) in [6, 6.07) is 63.0. The summed E-state index contributed by atoms with van der Waals surface area (Å²) in [4.78, 5) is 22.0. The number of carbonyl (C=O) groups excluding carboxylic acids is 1. The van der Waals surface area contributed by atoms with Gasteiger partial charge in [-0.2, -0.15) is 0 Å². The van der Waals surface area contributed by atoms with E-state index < -0.39 is 0 Å². The quantitative estimate of drug-likeness (QED) is 0.0798. The smallest absolute Gasteiger partial charge is 0.159 e. The molecule has 0 aliphatic carbocycles. The van der Waals surface area contributed by atoms with E-state index >= 15 is 0 Å². The molecule has 1 radical (unpaired) electrons. The van der Waals surface area contributed by atoms with Crippen LogP contribution in [0.1, 0.15) is 18.9 Å². The zero-order chi connectivity index (χ0) is 38.3. The van der Waals surface area contributed by atoms with Crippen LogP contribution >= 0.6 is 0 Å². The number of aliphatic hydroxyl groups is 1. The van der Waals surface area contributed by atoms with Crippen LogP contribution in [-0.2, 0) is 31.3 Å². The molecule has 2 aromatic heterocycles. The molecule has 1 N–H and O–H groups in total. The molecule has 0 aliphatic heterocycles. The molecule has 8 aromatic rings. The van der Waals surface area contributed by atoms with E-state index in [4.69, 9.17) is 4.98 Å². The third kappa shape index (κ3) is 8.98. The zero-order valence-electron chi connectivity index (χ0n) is 31.3. The van der Waals surface area contributed by atoms with E-state index in [1.54, 1.807) is 6.20 Å². The maximum Gasteiger partial charge on any atom is 0.159 e. The molecular formula is C52H38IrN2O2-2. The Morgan fingerprint density at radius 2 is 1.14 bits per heavy atom. The number of ketones is 1. The molecule has 279 valence electrons. The molecule has 0 fully saturated rings. The van der Waals surface area contributed by atoms with E-state index in [1.807, 2.05) is 66.9 Å². The summed E-state index contributed by atoms with van der Waals surface area (Å²) in [6.45, 7) is 1.52. The number of benzene rings is 6. The molecule has 0 saturated carbocycles. The zero-order valence-corrected chi connectivity index (χ0v) is 33.7. The van der Waals surface area contributed by atoms with Crippen LogP contribution in [0, 0.1) is 12.1 Å². The van der Waals surface area contributed by atoms with E-state index in [9.17, 15) is 9.90 Å². The van der Waals surface area contributed by atoms with E-state index in [-0.39, 0.29) is 31.6 Å². The number of aliphatic hydroxyl groups excluding tert-OH is 1. The van der Waals surface area contributed by atoms with Gasteiger partial charge in [0, 0.05) is 45.0 Å². The predicted octanol–water partition coefficient (Wildman–Crippen LogP) is 12.7. The van der Waals surface area contributed by atoms with Gasteiger partial charge in [0.1, 0.15) is 0 Å². The third-order valence-corrected chi connectivity index (χ3v) is 9.87. The topological polar surface area (TPSA) is 63.1 Å². The van der Waals surface area contributed by atoms with Crippen LogP contribution in [0.3, 0.4) is 0 Å². The van der Waals surface area contributed by atoms with Gasteiger partial charge in [-0.25, -0.2) is 0 Å². The number of allylic oxidation sites excluding steroid dienone is 2. The van der Waals surface area contributed by atoms with Gasteiger partial charge in [-0.3, -0.25) is 4.79 Å². The summed E-state index contributed by atoms with van der Waals surface area (Å²) in [5.74, 6) is -0.0853. The Morgan fingerprint density at radius 1 is 0.579 bits per heavy atom. The van der Waals surface area contributed by atoms with Crippen molar-refractivity contribution in [2.45, 2.75) is 19.8 Å². The monoisotopic (exact) mass is 915 g/mol. The average Bonchev–Trinajstić information content (AvgIpc) is 3.26. The standard InChI is InChI=1S/C52H38N2O2.Ir/c1-36(55)31-45(56)28-26-37-13-5-6-16-46(37)42-32-43(49-19-9-7-17-47(49)38-22-24-40(25-23-38)51-21-11-12-30-53-51)34-44(33-42)50-20-10-8-18-48(50)41-27-29-52(54-35-41)39-14-3-2-4-15-39;/h2-14,16-24,27,29-35,55H,26,28H2,1H3;/q-2;. The van der Waals surface area contributed by atoms with Crippen LogP contribution in [0.15, 0.2) is 188 Å². The molecule has 0 spiro atoms. The fourth-order valence-corrected chi connectivity index (χ4v) is 7.19. The largest absolute Gasteiger partial charge is 0.512 e. The second kappa shape index (κ2) is 18.0. The molecule has 0 atom stereocenters. The van der Waals surface area contributed by atoms with Crippen LogP contribution in [0.25, 0.3) is 78.1 Å². The first-order chi connectivity index (χ1) is 27.5. The molecule has 6 aromatic carbocycles. The van der Waals surface area contributed by atoms with Crippen molar-refractivity contribution in [3.8, 4) is 78.1 Å². The van der Waals surface area contributed by atoms with E-state index in [0.717, 1.165) is 83.7 Å². The molecule has 0 bridgehead atoms. The summed E-state index contributed by atoms with van der Waals surface area (Å²) >= 11 is 0. The van der Waals surface area contributed by atoms with Crippen LogP contribution in [-0.4, -0.2) is 20.9 Å². The summed E-state index contributed by atoms with van der Waals surface area (Å²) in [6.07, 6.45) is 5.88. The van der Waals surface area contributed by atoms with Crippen molar-refractivity contribution >= 4 is 5.78 Å². The fraction of sp³-hybridized carbons (Fsp3) is 0.0577. The Labute approximate surface area is 347 Å². The predicted molar refractivity (Wildman–Crippen MR) is 227 cm³/mol. The van der Waals surface area contributed by atoms with Gasteiger partial charge in [0.05, 0.1) is 5.76 Å². The van der Waals surface area contributed by atoms with Gasteiger partial charge < -0.3 is 15.1 Å². The fourth-order valence-electron chi connectivity index (χ4n) is 7.19. The van der Waals surface area contributed by atoms with Gasteiger partial charge in [-0.15, -0.1) is 65.7 Å². The molecule has 2 heterocycles. The van der Waals surface area contributed by atoms with Gasteiger partial charge in [0.25, 0.3) is 0 Å². The number of nitrogens with zero attached hydrogens (tertiary/aromatic N) is 2.